The number of thiazole rings is 1. The van der Waals surface area contributed by atoms with Gasteiger partial charge in [-0.05, 0) is 32.9 Å². The minimum atomic E-state index is 0.645. The minimum absolute atomic E-state index is 0.645. The van der Waals surface area contributed by atoms with Crippen LogP contribution < -0.4 is 5.32 Å². The quantitative estimate of drug-likeness (QED) is 0.850. The fourth-order valence-electron chi connectivity index (χ4n) is 1.82. The van der Waals surface area contributed by atoms with Gasteiger partial charge in [-0.2, -0.15) is 0 Å². The Labute approximate surface area is 94.9 Å². The van der Waals surface area contributed by atoms with Gasteiger partial charge in [-0.1, -0.05) is 0 Å². The van der Waals surface area contributed by atoms with E-state index in [1.807, 2.05) is 24.6 Å². The summed E-state index contributed by atoms with van der Waals surface area (Å²) in [7, 11) is 1.99. The van der Waals surface area contributed by atoms with E-state index in [1.54, 1.807) is 0 Å². The number of aromatic nitrogens is 1. The van der Waals surface area contributed by atoms with E-state index in [-0.39, 0.29) is 0 Å². The first-order chi connectivity index (χ1) is 7.40. The fourth-order valence-corrected chi connectivity index (χ4v) is 2.91. The molecule has 1 aliphatic rings. The molecule has 2 rings (SSSR count). The van der Waals surface area contributed by atoms with Gasteiger partial charge < -0.3 is 10.1 Å². The van der Waals surface area contributed by atoms with Gasteiger partial charge in [0.15, 0.2) is 0 Å². The monoisotopic (exact) mass is 226 g/mol. The molecule has 0 aliphatic carbocycles. The molecule has 0 aromatic carbocycles. The van der Waals surface area contributed by atoms with Gasteiger partial charge in [0.1, 0.15) is 0 Å². The maximum Gasteiger partial charge on any atom is 0.0960 e. The molecule has 1 saturated heterocycles. The molecule has 84 valence electrons. The van der Waals surface area contributed by atoms with Crippen molar-refractivity contribution in [1.82, 2.24) is 10.3 Å². The van der Waals surface area contributed by atoms with Crippen LogP contribution in [0.25, 0.3) is 0 Å². The van der Waals surface area contributed by atoms with Crippen LogP contribution in [0.3, 0.4) is 0 Å². The van der Waals surface area contributed by atoms with Crippen LogP contribution in [-0.2, 0) is 11.2 Å². The lowest BCUT2D eigenvalue weighted by molar-refractivity contribution is 0.0853. The Bertz CT molecular complexity index is 295. The number of ether oxygens (including phenoxy) is 1. The summed E-state index contributed by atoms with van der Waals surface area (Å²) >= 11 is 1.87. The zero-order valence-corrected chi connectivity index (χ0v) is 9.98. The van der Waals surface area contributed by atoms with Crippen molar-refractivity contribution in [2.75, 3.05) is 26.8 Å². The summed E-state index contributed by atoms with van der Waals surface area (Å²) in [5.74, 6) is 0.645. The Morgan fingerprint density at radius 3 is 3.07 bits per heavy atom. The molecule has 1 N–H and O–H groups in total. The summed E-state index contributed by atoms with van der Waals surface area (Å²) in [6, 6.07) is 0. The highest BCUT2D eigenvalue weighted by Gasteiger charge is 2.18. The molecule has 0 radical (unpaired) electrons. The van der Waals surface area contributed by atoms with Crippen LogP contribution in [0.1, 0.15) is 28.6 Å². The lowest BCUT2D eigenvalue weighted by atomic mass is 10.0. The molecule has 0 atom stereocenters. The zero-order chi connectivity index (χ0) is 10.5. The number of nitrogens with one attached hydrogen (secondary N) is 1. The maximum absolute atomic E-state index is 5.36. The van der Waals surface area contributed by atoms with Crippen LogP contribution in [0.5, 0.6) is 0 Å². The molecule has 0 spiro atoms. The molecule has 1 fully saturated rings. The van der Waals surface area contributed by atoms with Crippen molar-refractivity contribution in [3.05, 3.63) is 16.1 Å². The smallest absolute Gasteiger partial charge is 0.0960 e. The molecule has 1 aromatic rings. The zero-order valence-electron chi connectivity index (χ0n) is 9.16. The van der Waals surface area contributed by atoms with Crippen molar-refractivity contribution in [2.45, 2.75) is 25.2 Å². The molecular weight excluding hydrogens is 208 g/mol. The molecule has 2 heterocycles. The summed E-state index contributed by atoms with van der Waals surface area (Å²) < 4.78 is 5.36. The average Bonchev–Trinajstić information content (AvgIpc) is 2.76. The summed E-state index contributed by atoms with van der Waals surface area (Å²) in [6.07, 6.45) is 5.40. The highest BCUT2D eigenvalue weighted by Crippen LogP contribution is 2.30. The number of hydrogen-bond acceptors (Lipinski definition) is 4. The van der Waals surface area contributed by atoms with Crippen molar-refractivity contribution >= 4 is 11.3 Å². The van der Waals surface area contributed by atoms with Crippen LogP contribution in [0, 0.1) is 0 Å². The lowest BCUT2D eigenvalue weighted by Gasteiger charge is -2.19. The van der Waals surface area contributed by atoms with Crippen LogP contribution in [0.4, 0.5) is 0 Å². The van der Waals surface area contributed by atoms with Gasteiger partial charge in [-0.25, -0.2) is 4.98 Å². The topological polar surface area (TPSA) is 34.2 Å². The standard InChI is InChI=1S/C11H18N2OS/c1-12-5-2-10-8-13-11(15-10)9-3-6-14-7-4-9/h8-9,12H,2-7H2,1H3. The second kappa shape index (κ2) is 5.58. The van der Waals surface area contributed by atoms with E-state index in [1.165, 1.54) is 9.88 Å². The van der Waals surface area contributed by atoms with E-state index in [0.29, 0.717) is 5.92 Å². The first-order valence-electron chi connectivity index (χ1n) is 5.57. The lowest BCUT2D eigenvalue weighted by Crippen LogP contribution is -2.13. The third-order valence-electron chi connectivity index (χ3n) is 2.76. The Morgan fingerprint density at radius 1 is 1.53 bits per heavy atom. The van der Waals surface area contributed by atoms with Gasteiger partial charge in [-0.3, -0.25) is 0 Å². The fraction of sp³-hybridized carbons (Fsp3) is 0.727. The minimum Gasteiger partial charge on any atom is -0.381 e. The first kappa shape index (κ1) is 11.0. The molecule has 1 aromatic heterocycles. The van der Waals surface area contributed by atoms with Gasteiger partial charge in [0.2, 0.25) is 0 Å². The highest BCUT2D eigenvalue weighted by atomic mass is 32.1. The van der Waals surface area contributed by atoms with Crippen molar-refractivity contribution in [1.29, 1.82) is 0 Å². The summed E-state index contributed by atoms with van der Waals surface area (Å²) in [4.78, 5) is 5.92. The van der Waals surface area contributed by atoms with Crippen LogP contribution in [0.2, 0.25) is 0 Å². The van der Waals surface area contributed by atoms with E-state index in [2.05, 4.69) is 10.3 Å². The van der Waals surface area contributed by atoms with Crippen molar-refractivity contribution in [3.63, 3.8) is 0 Å². The van der Waals surface area contributed by atoms with E-state index < -0.39 is 0 Å². The largest absolute Gasteiger partial charge is 0.381 e. The normalized spacial score (nSPS) is 18.2. The van der Waals surface area contributed by atoms with Crippen LogP contribution in [-0.4, -0.2) is 31.8 Å². The van der Waals surface area contributed by atoms with E-state index in [9.17, 15) is 0 Å². The number of likely N-dealkylation sites (N-methyl/N-ethyl adjacent to an activating group) is 1. The second-order valence-electron chi connectivity index (χ2n) is 3.91. The number of nitrogens with zero attached hydrogens (tertiary/aromatic N) is 1. The second-order valence-corrected chi connectivity index (χ2v) is 5.05. The van der Waals surface area contributed by atoms with Gasteiger partial charge in [-0.15, -0.1) is 11.3 Å². The van der Waals surface area contributed by atoms with Crippen LogP contribution >= 0.6 is 11.3 Å². The third kappa shape index (κ3) is 3.00. The van der Waals surface area contributed by atoms with Gasteiger partial charge in [0, 0.05) is 30.2 Å². The summed E-state index contributed by atoms with van der Waals surface area (Å²) in [5.41, 5.74) is 0. The molecule has 4 heteroatoms. The van der Waals surface area contributed by atoms with E-state index >= 15 is 0 Å². The maximum atomic E-state index is 5.36. The Hall–Kier alpha value is -0.450. The van der Waals surface area contributed by atoms with Crippen LogP contribution in [0.15, 0.2) is 6.20 Å². The summed E-state index contributed by atoms with van der Waals surface area (Å²) in [6.45, 7) is 2.83. The van der Waals surface area contributed by atoms with Gasteiger partial charge in [0.05, 0.1) is 5.01 Å². The molecule has 3 nitrogen and oxygen atoms in total. The van der Waals surface area contributed by atoms with E-state index in [4.69, 9.17) is 4.74 Å². The van der Waals surface area contributed by atoms with Crippen molar-refractivity contribution in [3.8, 4) is 0 Å². The summed E-state index contributed by atoms with van der Waals surface area (Å²) in [5, 5.41) is 4.47. The number of rotatable bonds is 4. The van der Waals surface area contributed by atoms with Crippen molar-refractivity contribution in [2.24, 2.45) is 0 Å². The molecule has 0 unspecified atom stereocenters. The Balaban J connectivity index is 1.93. The van der Waals surface area contributed by atoms with Gasteiger partial charge >= 0.3 is 0 Å². The molecule has 15 heavy (non-hydrogen) atoms. The Kier molecular flexibility index (Phi) is 4.11. The molecule has 0 saturated carbocycles. The van der Waals surface area contributed by atoms with Gasteiger partial charge in [0.25, 0.3) is 0 Å². The predicted octanol–water partition coefficient (Wildman–Crippen LogP) is 1.80. The predicted molar refractivity (Wildman–Crippen MR) is 62.5 cm³/mol. The average molecular weight is 226 g/mol. The SMILES string of the molecule is CNCCc1cnc(C2CCOCC2)s1. The first-order valence-corrected chi connectivity index (χ1v) is 6.38. The highest BCUT2D eigenvalue weighted by molar-refractivity contribution is 7.11. The molecule has 0 bridgehead atoms. The Morgan fingerprint density at radius 2 is 2.33 bits per heavy atom. The van der Waals surface area contributed by atoms with E-state index in [0.717, 1.165) is 39.0 Å². The third-order valence-corrected chi connectivity index (χ3v) is 3.98. The van der Waals surface area contributed by atoms with Crippen molar-refractivity contribution < 1.29 is 4.74 Å². The molecule has 0 amide bonds. The number of hydrogen-bond donors (Lipinski definition) is 1. The molecular formula is C11H18N2OS. The molecule has 1 aliphatic heterocycles.